The Hall–Kier alpha value is -1.56. The van der Waals surface area contributed by atoms with E-state index in [9.17, 15) is 4.79 Å². The van der Waals surface area contributed by atoms with Gasteiger partial charge in [-0.2, -0.15) is 0 Å². The van der Waals surface area contributed by atoms with Crippen LogP contribution in [0.4, 0.5) is 5.69 Å². The average Bonchev–Trinajstić information content (AvgIpc) is 2.20. The van der Waals surface area contributed by atoms with Crippen LogP contribution >= 0.6 is 0 Å². The first-order valence-corrected chi connectivity index (χ1v) is 4.98. The number of nitrogens with two attached hydrogens (primary N) is 1. The number of H-pyrrole nitrogens is 1. The van der Waals surface area contributed by atoms with E-state index in [0.29, 0.717) is 6.61 Å². The summed E-state index contributed by atoms with van der Waals surface area (Å²) < 4.78 is 5.45. The van der Waals surface area contributed by atoms with Crippen molar-refractivity contribution >= 4 is 5.69 Å². The Morgan fingerprint density at radius 2 is 2.19 bits per heavy atom. The molecule has 0 radical (unpaired) electrons. The summed E-state index contributed by atoms with van der Waals surface area (Å²) in [5, 5.41) is 0. The Morgan fingerprint density at radius 1 is 1.56 bits per heavy atom. The third kappa shape index (κ3) is 2.73. The SMILES string of the molecule is CN(C)C(C)(C)COc1nc[nH]c(=O)c1N. The quantitative estimate of drug-likeness (QED) is 0.759. The molecule has 1 rings (SSSR count). The number of nitrogens with one attached hydrogen (secondary N) is 1. The number of aromatic amines is 1. The molecule has 1 heterocycles. The van der Waals surface area contributed by atoms with E-state index in [1.165, 1.54) is 6.33 Å². The van der Waals surface area contributed by atoms with Gasteiger partial charge in [-0.1, -0.05) is 0 Å². The third-order valence-corrected chi connectivity index (χ3v) is 2.63. The van der Waals surface area contributed by atoms with Gasteiger partial charge in [-0.15, -0.1) is 0 Å². The summed E-state index contributed by atoms with van der Waals surface area (Å²) in [7, 11) is 3.91. The van der Waals surface area contributed by atoms with E-state index in [2.05, 4.69) is 9.97 Å². The highest BCUT2D eigenvalue weighted by atomic mass is 16.5. The molecule has 6 heteroatoms. The largest absolute Gasteiger partial charge is 0.474 e. The lowest BCUT2D eigenvalue weighted by Crippen LogP contribution is -2.43. The molecule has 0 saturated carbocycles. The predicted molar refractivity (Wildman–Crippen MR) is 62.5 cm³/mol. The second-order valence-corrected chi connectivity index (χ2v) is 4.45. The molecule has 0 saturated heterocycles. The molecular formula is C10H18N4O2. The van der Waals surface area contributed by atoms with E-state index < -0.39 is 0 Å². The highest BCUT2D eigenvalue weighted by Gasteiger charge is 2.22. The highest BCUT2D eigenvalue weighted by molar-refractivity contribution is 5.44. The minimum absolute atomic E-state index is 0.0112. The molecule has 0 bridgehead atoms. The maximum atomic E-state index is 11.2. The number of nitrogen functional groups attached to an aromatic ring is 1. The molecule has 0 unspecified atom stereocenters. The summed E-state index contributed by atoms with van der Waals surface area (Å²) in [6.07, 6.45) is 1.27. The van der Waals surface area contributed by atoms with Gasteiger partial charge in [0.1, 0.15) is 6.61 Å². The van der Waals surface area contributed by atoms with Gasteiger partial charge in [-0.3, -0.25) is 4.79 Å². The van der Waals surface area contributed by atoms with Crippen molar-refractivity contribution in [3.63, 3.8) is 0 Å². The Bertz CT molecular complexity index is 412. The number of anilines is 1. The number of aromatic nitrogens is 2. The van der Waals surface area contributed by atoms with Gasteiger partial charge in [-0.05, 0) is 27.9 Å². The molecule has 0 aliphatic carbocycles. The Kier molecular flexibility index (Phi) is 3.54. The molecule has 90 valence electrons. The molecular weight excluding hydrogens is 208 g/mol. The van der Waals surface area contributed by atoms with Gasteiger partial charge in [-0.25, -0.2) is 4.98 Å². The molecule has 0 aromatic carbocycles. The lowest BCUT2D eigenvalue weighted by molar-refractivity contribution is 0.111. The zero-order valence-electron chi connectivity index (χ0n) is 10.1. The summed E-state index contributed by atoms with van der Waals surface area (Å²) in [6.45, 7) is 4.45. The van der Waals surface area contributed by atoms with E-state index >= 15 is 0 Å². The maximum Gasteiger partial charge on any atom is 0.277 e. The van der Waals surface area contributed by atoms with Gasteiger partial charge < -0.3 is 20.4 Å². The van der Waals surface area contributed by atoms with Crippen molar-refractivity contribution in [2.45, 2.75) is 19.4 Å². The summed E-state index contributed by atoms with van der Waals surface area (Å²) in [5.74, 6) is 0.179. The summed E-state index contributed by atoms with van der Waals surface area (Å²) in [6, 6.07) is 0. The second kappa shape index (κ2) is 4.52. The van der Waals surface area contributed by atoms with Gasteiger partial charge in [0.2, 0.25) is 5.88 Å². The lowest BCUT2D eigenvalue weighted by atomic mass is 10.1. The average molecular weight is 226 g/mol. The minimum atomic E-state index is -0.382. The van der Waals surface area contributed by atoms with Crippen LogP contribution in [0.15, 0.2) is 11.1 Å². The fourth-order valence-electron chi connectivity index (χ4n) is 0.883. The van der Waals surface area contributed by atoms with Gasteiger partial charge in [0, 0.05) is 5.54 Å². The molecule has 0 aliphatic heterocycles. The first-order valence-electron chi connectivity index (χ1n) is 4.98. The number of nitrogens with zero attached hydrogens (tertiary/aromatic N) is 2. The molecule has 0 amide bonds. The van der Waals surface area contributed by atoms with Gasteiger partial charge in [0.15, 0.2) is 5.69 Å². The Balaban J connectivity index is 2.76. The highest BCUT2D eigenvalue weighted by Crippen LogP contribution is 2.16. The van der Waals surface area contributed by atoms with Crippen LogP contribution in [0.1, 0.15) is 13.8 Å². The lowest BCUT2D eigenvalue weighted by Gasteiger charge is -2.31. The molecule has 0 aliphatic rings. The van der Waals surface area contributed by atoms with Crippen LogP contribution in [0, 0.1) is 0 Å². The molecule has 3 N–H and O–H groups in total. The van der Waals surface area contributed by atoms with Crippen LogP contribution < -0.4 is 16.0 Å². The Morgan fingerprint density at radius 3 is 2.75 bits per heavy atom. The zero-order valence-corrected chi connectivity index (χ0v) is 10.1. The van der Waals surface area contributed by atoms with E-state index in [1.807, 2.05) is 32.8 Å². The zero-order chi connectivity index (χ0) is 12.3. The summed E-state index contributed by atoms with van der Waals surface area (Å²) in [4.78, 5) is 19.5. The molecule has 0 atom stereocenters. The van der Waals surface area contributed by atoms with Crippen LogP contribution in [0.3, 0.4) is 0 Å². The predicted octanol–water partition coefficient (Wildman–Crippen LogP) is 0.0711. The van der Waals surface area contributed by atoms with Gasteiger partial charge in [0.25, 0.3) is 5.56 Å². The number of hydrogen-bond donors (Lipinski definition) is 2. The van der Waals surface area contributed by atoms with E-state index in [4.69, 9.17) is 10.5 Å². The monoisotopic (exact) mass is 226 g/mol. The first kappa shape index (κ1) is 12.5. The first-order chi connectivity index (χ1) is 7.34. The maximum absolute atomic E-state index is 11.2. The summed E-state index contributed by atoms with van der Waals surface area (Å²) >= 11 is 0. The summed E-state index contributed by atoms with van der Waals surface area (Å²) in [5.41, 5.74) is 5.02. The van der Waals surface area contributed by atoms with Crippen molar-refractivity contribution in [1.29, 1.82) is 0 Å². The van der Waals surface area contributed by atoms with Crippen molar-refractivity contribution < 1.29 is 4.74 Å². The van der Waals surface area contributed by atoms with Crippen LogP contribution in [0.2, 0.25) is 0 Å². The van der Waals surface area contributed by atoms with Crippen molar-refractivity contribution in [3.05, 3.63) is 16.7 Å². The number of hydrogen-bond acceptors (Lipinski definition) is 5. The second-order valence-electron chi connectivity index (χ2n) is 4.45. The van der Waals surface area contributed by atoms with Crippen LogP contribution in [0.25, 0.3) is 0 Å². The normalized spacial score (nSPS) is 11.8. The van der Waals surface area contributed by atoms with Crippen molar-refractivity contribution in [1.82, 2.24) is 14.9 Å². The fourth-order valence-corrected chi connectivity index (χ4v) is 0.883. The molecule has 0 fully saturated rings. The van der Waals surface area contributed by atoms with Crippen LogP contribution in [-0.4, -0.2) is 41.1 Å². The number of rotatable bonds is 4. The standard InChI is InChI=1S/C10H18N4O2/c1-10(2,14(3)4)5-16-9-7(11)8(15)12-6-13-9/h6H,5,11H2,1-4H3,(H,12,13,15). The van der Waals surface area contributed by atoms with E-state index in [-0.39, 0.29) is 22.7 Å². The van der Waals surface area contributed by atoms with E-state index in [0.717, 1.165) is 0 Å². The molecule has 6 nitrogen and oxygen atoms in total. The van der Waals surface area contributed by atoms with Gasteiger partial charge >= 0.3 is 0 Å². The van der Waals surface area contributed by atoms with Crippen molar-refractivity contribution in [2.24, 2.45) is 0 Å². The molecule has 1 aromatic heterocycles. The van der Waals surface area contributed by atoms with Crippen molar-refractivity contribution in [3.8, 4) is 5.88 Å². The minimum Gasteiger partial charge on any atom is -0.474 e. The van der Waals surface area contributed by atoms with Crippen LogP contribution in [0.5, 0.6) is 5.88 Å². The number of ether oxygens (including phenoxy) is 1. The smallest absolute Gasteiger partial charge is 0.277 e. The third-order valence-electron chi connectivity index (χ3n) is 2.63. The van der Waals surface area contributed by atoms with Gasteiger partial charge in [0.05, 0.1) is 6.33 Å². The topological polar surface area (TPSA) is 84.2 Å². The van der Waals surface area contributed by atoms with Crippen molar-refractivity contribution in [2.75, 3.05) is 26.4 Å². The molecule has 0 spiro atoms. The Labute approximate surface area is 94.4 Å². The number of likely N-dealkylation sites (N-methyl/N-ethyl adjacent to an activating group) is 1. The fraction of sp³-hybridized carbons (Fsp3) is 0.600. The van der Waals surface area contributed by atoms with E-state index in [1.54, 1.807) is 0 Å². The van der Waals surface area contributed by atoms with Crippen LogP contribution in [-0.2, 0) is 0 Å². The molecule has 1 aromatic rings. The molecule has 16 heavy (non-hydrogen) atoms.